The number of carboxylic acid groups (broad SMARTS) is 1. The number of nitro groups is 1. The molecule has 0 saturated carbocycles. The standard InChI is InChI=1S/C16H21N3O5.ClH/c1-11-10-12(19(23)24)5-6-13(11)17-15(20)7-9-18-8-3-2-4-14(18)16(21)22;/h5-6,10,14H,2-4,7-9H2,1H3,(H,17,20)(H,21,22);1H. The Morgan fingerprint density at radius 3 is 2.72 bits per heavy atom. The maximum Gasteiger partial charge on any atom is 0.320 e. The van der Waals surface area contributed by atoms with Crippen LogP contribution < -0.4 is 5.32 Å². The molecule has 1 aliphatic rings. The summed E-state index contributed by atoms with van der Waals surface area (Å²) in [4.78, 5) is 35.4. The van der Waals surface area contributed by atoms with E-state index in [1.165, 1.54) is 18.2 Å². The molecule has 25 heavy (non-hydrogen) atoms. The summed E-state index contributed by atoms with van der Waals surface area (Å²) in [5, 5.41) is 22.7. The van der Waals surface area contributed by atoms with Gasteiger partial charge in [0.2, 0.25) is 5.91 Å². The molecule has 1 heterocycles. The summed E-state index contributed by atoms with van der Waals surface area (Å²) >= 11 is 0. The minimum atomic E-state index is -0.846. The molecular formula is C16H22ClN3O5. The predicted octanol–water partition coefficient (Wildman–Crippen LogP) is 2.59. The van der Waals surface area contributed by atoms with Crippen LogP contribution in [0, 0.1) is 17.0 Å². The van der Waals surface area contributed by atoms with Gasteiger partial charge in [0, 0.05) is 30.8 Å². The van der Waals surface area contributed by atoms with Gasteiger partial charge < -0.3 is 10.4 Å². The Kier molecular flexibility index (Phi) is 7.79. The predicted molar refractivity (Wildman–Crippen MR) is 95.2 cm³/mol. The van der Waals surface area contributed by atoms with E-state index in [1.54, 1.807) is 6.92 Å². The molecule has 0 radical (unpaired) electrons. The van der Waals surface area contributed by atoms with Crippen LogP contribution in [0.4, 0.5) is 11.4 Å². The lowest BCUT2D eigenvalue weighted by atomic mass is 10.0. The fourth-order valence-corrected chi connectivity index (χ4v) is 2.90. The number of nitrogens with one attached hydrogen (secondary N) is 1. The van der Waals surface area contributed by atoms with Gasteiger partial charge in [-0.1, -0.05) is 6.42 Å². The van der Waals surface area contributed by atoms with Gasteiger partial charge in [-0.2, -0.15) is 0 Å². The number of nitro benzene ring substituents is 1. The van der Waals surface area contributed by atoms with Crippen molar-refractivity contribution in [3.63, 3.8) is 0 Å². The topological polar surface area (TPSA) is 113 Å². The SMILES string of the molecule is Cc1cc([N+](=O)[O-])ccc1NC(=O)CCN1CCCCC1C(=O)O.Cl. The van der Waals surface area contributed by atoms with E-state index in [2.05, 4.69) is 5.32 Å². The number of halogens is 1. The molecule has 0 aromatic heterocycles. The Labute approximate surface area is 151 Å². The average Bonchev–Trinajstić information content (AvgIpc) is 2.54. The van der Waals surface area contributed by atoms with E-state index in [0.29, 0.717) is 30.8 Å². The van der Waals surface area contributed by atoms with Crippen LogP contribution in [0.2, 0.25) is 0 Å². The van der Waals surface area contributed by atoms with Crippen molar-refractivity contribution in [2.24, 2.45) is 0 Å². The first-order chi connectivity index (χ1) is 11.4. The lowest BCUT2D eigenvalue weighted by molar-refractivity contribution is -0.384. The number of hydrogen-bond donors (Lipinski definition) is 2. The highest BCUT2D eigenvalue weighted by Gasteiger charge is 2.28. The largest absolute Gasteiger partial charge is 0.480 e. The van der Waals surface area contributed by atoms with Crippen molar-refractivity contribution < 1.29 is 19.6 Å². The van der Waals surface area contributed by atoms with Gasteiger partial charge >= 0.3 is 5.97 Å². The highest BCUT2D eigenvalue weighted by atomic mass is 35.5. The normalized spacial score (nSPS) is 17.4. The summed E-state index contributed by atoms with van der Waals surface area (Å²) in [6, 6.07) is 3.73. The number of aliphatic carboxylic acids is 1. The number of nitrogens with zero attached hydrogens (tertiary/aromatic N) is 2. The van der Waals surface area contributed by atoms with Crippen LogP contribution in [0.25, 0.3) is 0 Å². The molecular weight excluding hydrogens is 350 g/mol. The second-order valence-corrected chi connectivity index (χ2v) is 5.94. The zero-order valence-electron chi connectivity index (χ0n) is 13.9. The Balaban J connectivity index is 0.00000312. The Bertz CT molecular complexity index is 653. The first-order valence-corrected chi connectivity index (χ1v) is 7.90. The molecule has 1 saturated heterocycles. The monoisotopic (exact) mass is 371 g/mol. The van der Waals surface area contributed by atoms with Crippen molar-refractivity contribution in [2.75, 3.05) is 18.4 Å². The third-order valence-corrected chi connectivity index (χ3v) is 4.22. The van der Waals surface area contributed by atoms with Gasteiger partial charge in [-0.3, -0.25) is 24.6 Å². The third kappa shape index (κ3) is 5.68. The number of non-ortho nitro benzene ring substituents is 1. The molecule has 1 aromatic rings. The highest BCUT2D eigenvalue weighted by molar-refractivity contribution is 5.91. The number of carbonyl (C=O) groups is 2. The second-order valence-electron chi connectivity index (χ2n) is 5.94. The zero-order chi connectivity index (χ0) is 17.7. The van der Waals surface area contributed by atoms with Crippen LogP contribution in [0.1, 0.15) is 31.2 Å². The van der Waals surface area contributed by atoms with Crippen molar-refractivity contribution in [3.05, 3.63) is 33.9 Å². The van der Waals surface area contributed by atoms with E-state index in [9.17, 15) is 24.8 Å². The van der Waals surface area contributed by atoms with Crippen LogP contribution in [0.5, 0.6) is 0 Å². The Morgan fingerprint density at radius 2 is 2.12 bits per heavy atom. The van der Waals surface area contributed by atoms with Gasteiger partial charge in [0.1, 0.15) is 6.04 Å². The molecule has 0 bridgehead atoms. The van der Waals surface area contributed by atoms with Gasteiger partial charge in [0.15, 0.2) is 0 Å². The Hall–Kier alpha value is -2.19. The minimum absolute atomic E-state index is 0. The first kappa shape index (κ1) is 20.9. The van der Waals surface area contributed by atoms with E-state index in [4.69, 9.17) is 0 Å². The average molecular weight is 372 g/mol. The lowest BCUT2D eigenvalue weighted by Crippen LogP contribution is -2.45. The molecule has 138 valence electrons. The number of carbonyl (C=O) groups excluding carboxylic acids is 1. The summed E-state index contributed by atoms with van der Waals surface area (Å²) in [7, 11) is 0. The fraction of sp³-hybridized carbons (Fsp3) is 0.500. The van der Waals surface area contributed by atoms with Gasteiger partial charge in [-0.15, -0.1) is 12.4 Å². The van der Waals surface area contributed by atoms with Gasteiger partial charge in [-0.05, 0) is 37.9 Å². The summed E-state index contributed by atoms with van der Waals surface area (Å²) in [5.41, 5.74) is 1.11. The van der Waals surface area contributed by atoms with E-state index in [-0.39, 0.29) is 30.4 Å². The molecule has 1 atom stereocenters. The number of hydrogen-bond acceptors (Lipinski definition) is 5. The van der Waals surface area contributed by atoms with Crippen LogP contribution in [0.15, 0.2) is 18.2 Å². The summed E-state index contributed by atoms with van der Waals surface area (Å²) < 4.78 is 0. The van der Waals surface area contributed by atoms with E-state index in [0.717, 1.165) is 12.8 Å². The summed E-state index contributed by atoms with van der Waals surface area (Å²) in [5.74, 6) is -1.08. The molecule has 1 unspecified atom stereocenters. The number of piperidine rings is 1. The van der Waals surface area contributed by atoms with Crippen LogP contribution in [-0.2, 0) is 9.59 Å². The molecule has 1 amide bonds. The number of aryl methyl sites for hydroxylation is 1. The maximum atomic E-state index is 12.1. The summed E-state index contributed by atoms with van der Waals surface area (Å²) in [6.07, 6.45) is 2.62. The van der Waals surface area contributed by atoms with Gasteiger partial charge in [0.25, 0.3) is 5.69 Å². The first-order valence-electron chi connectivity index (χ1n) is 7.90. The fourth-order valence-electron chi connectivity index (χ4n) is 2.90. The summed E-state index contributed by atoms with van der Waals surface area (Å²) in [6.45, 7) is 2.75. The number of benzene rings is 1. The molecule has 0 spiro atoms. The van der Waals surface area contributed by atoms with Gasteiger partial charge in [-0.25, -0.2) is 0 Å². The highest BCUT2D eigenvalue weighted by Crippen LogP contribution is 2.22. The number of rotatable bonds is 6. The van der Waals surface area contributed by atoms with Gasteiger partial charge in [0.05, 0.1) is 4.92 Å². The molecule has 2 N–H and O–H groups in total. The van der Waals surface area contributed by atoms with Crippen LogP contribution >= 0.6 is 12.4 Å². The zero-order valence-corrected chi connectivity index (χ0v) is 14.8. The molecule has 1 aliphatic heterocycles. The van der Waals surface area contributed by atoms with Crippen LogP contribution in [-0.4, -0.2) is 45.9 Å². The molecule has 1 fully saturated rings. The van der Waals surface area contributed by atoms with Crippen molar-refractivity contribution in [1.29, 1.82) is 0 Å². The van der Waals surface area contributed by atoms with E-state index >= 15 is 0 Å². The molecule has 0 aliphatic carbocycles. The third-order valence-electron chi connectivity index (χ3n) is 4.22. The van der Waals surface area contributed by atoms with Crippen LogP contribution in [0.3, 0.4) is 0 Å². The molecule has 2 rings (SSSR count). The van der Waals surface area contributed by atoms with Crippen molar-refractivity contribution in [1.82, 2.24) is 4.90 Å². The number of carboxylic acids is 1. The Morgan fingerprint density at radius 1 is 1.40 bits per heavy atom. The quantitative estimate of drug-likeness (QED) is 0.587. The smallest absolute Gasteiger partial charge is 0.320 e. The lowest BCUT2D eigenvalue weighted by Gasteiger charge is -2.32. The minimum Gasteiger partial charge on any atom is -0.480 e. The van der Waals surface area contributed by atoms with Crippen molar-refractivity contribution >= 4 is 35.7 Å². The van der Waals surface area contributed by atoms with E-state index in [1.807, 2.05) is 4.90 Å². The molecule has 8 nitrogen and oxygen atoms in total. The molecule has 1 aromatic carbocycles. The van der Waals surface area contributed by atoms with Crippen molar-refractivity contribution in [2.45, 2.75) is 38.6 Å². The number of anilines is 1. The molecule has 9 heteroatoms. The number of likely N-dealkylation sites (tertiary alicyclic amines) is 1. The second kappa shape index (κ2) is 9.33. The van der Waals surface area contributed by atoms with Crippen molar-refractivity contribution in [3.8, 4) is 0 Å². The number of amides is 1. The maximum absolute atomic E-state index is 12.1. The van der Waals surface area contributed by atoms with E-state index < -0.39 is 16.9 Å².